The third kappa shape index (κ3) is 4.16. The summed E-state index contributed by atoms with van der Waals surface area (Å²) in [5.41, 5.74) is 1.59. The molecule has 2 aromatic carbocycles. The van der Waals surface area contributed by atoms with Gasteiger partial charge in [-0.15, -0.1) is 0 Å². The van der Waals surface area contributed by atoms with Gasteiger partial charge < -0.3 is 10.2 Å². The van der Waals surface area contributed by atoms with Crippen LogP contribution < -0.4 is 15.8 Å². The molecule has 0 saturated carbocycles. The first-order chi connectivity index (χ1) is 14.0. The number of carbonyl (C=O) groups is 1. The number of fused-ring (bicyclic) bond motifs is 1. The van der Waals surface area contributed by atoms with E-state index in [4.69, 9.17) is 0 Å². The van der Waals surface area contributed by atoms with Crippen molar-refractivity contribution in [1.82, 2.24) is 9.78 Å². The largest absolute Gasteiger partial charge is 0.354 e. The number of rotatable bonds is 4. The second kappa shape index (κ2) is 8.07. The molecular weight excluding hydrogens is 364 g/mol. The maximum absolute atomic E-state index is 13.0. The molecule has 1 saturated heterocycles. The van der Waals surface area contributed by atoms with E-state index in [1.807, 2.05) is 55.5 Å². The Bertz CT molecular complexity index is 1090. The zero-order valence-electron chi connectivity index (χ0n) is 16.9. The Balaban J connectivity index is 1.66. The van der Waals surface area contributed by atoms with Crippen LogP contribution >= 0.6 is 0 Å². The van der Waals surface area contributed by atoms with Crippen LogP contribution in [0.15, 0.2) is 53.3 Å². The van der Waals surface area contributed by atoms with Gasteiger partial charge in [-0.25, -0.2) is 4.68 Å². The molecule has 1 aliphatic heterocycles. The zero-order valence-corrected chi connectivity index (χ0v) is 16.9. The maximum Gasteiger partial charge on any atom is 0.275 e. The molecule has 4 rings (SSSR count). The van der Waals surface area contributed by atoms with Gasteiger partial charge in [-0.1, -0.05) is 42.8 Å². The number of hydrogen-bond acceptors (Lipinski definition) is 4. The van der Waals surface area contributed by atoms with Gasteiger partial charge in [-0.3, -0.25) is 9.59 Å². The first kappa shape index (κ1) is 19.2. The third-order valence-corrected chi connectivity index (χ3v) is 5.43. The van der Waals surface area contributed by atoms with Gasteiger partial charge in [0.2, 0.25) is 5.91 Å². The smallest absolute Gasteiger partial charge is 0.275 e. The van der Waals surface area contributed by atoms with Gasteiger partial charge in [0.1, 0.15) is 6.54 Å². The minimum absolute atomic E-state index is 0.117. The van der Waals surface area contributed by atoms with Crippen LogP contribution in [0, 0.1) is 12.8 Å². The van der Waals surface area contributed by atoms with E-state index in [0.717, 1.165) is 36.3 Å². The van der Waals surface area contributed by atoms with Crippen molar-refractivity contribution in [3.63, 3.8) is 0 Å². The standard InChI is InChI=1S/C23H26N4O2/c1-16-9-11-18(12-10-16)24-21(28)15-27-23(29)20-8-4-3-7-19(20)22(25-27)26-13-5-6-17(2)14-26/h3-4,7-12,17H,5-6,13-15H2,1-2H3,(H,24,28)/t17-/m0/s1. The molecule has 1 atom stereocenters. The molecule has 6 nitrogen and oxygen atoms in total. The number of nitrogens with one attached hydrogen (secondary N) is 1. The average Bonchev–Trinajstić information content (AvgIpc) is 2.72. The summed E-state index contributed by atoms with van der Waals surface area (Å²) >= 11 is 0. The van der Waals surface area contributed by atoms with E-state index in [9.17, 15) is 9.59 Å². The highest BCUT2D eigenvalue weighted by atomic mass is 16.2. The van der Waals surface area contributed by atoms with Crippen molar-refractivity contribution in [2.45, 2.75) is 33.2 Å². The van der Waals surface area contributed by atoms with Crippen LogP contribution in [-0.2, 0) is 11.3 Å². The number of amides is 1. The second-order valence-electron chi connectivity index (χ2n) is 7.94. The van der Waals surface area contributed by atoms with Gasteiger partial charge in [0.15, 0.2) is 5.82 Å². The molecule has 1 aromatic heterocycles. The Morgan fingerprint density at radius 3 is 2.59 bits per heavy atom. The van der Waals surface area contributed by atoms with Gasteiger partial charge in [0.25, 0.3) is 5.56 Å². The number of nitrogens with zero attached hydrogens (tertiary/aromatic N) is 3. The predicted molar refractivity (Wildman–Crippen MR) is 116 cm³/mol. The second-order valence-corrected chi connectivity index (χ2v) is 7.94. The van der Waals surface area contributed by atoms with E-state index in [2.05, 4.69) is 22.2 Å². The molecule has 1 amide bonds. The van der Waals surface area contributed by atoms with Gasteiger partial charge >= 0.3 is 0 Å². The van der Waals surface area contributed by atoms with Crippen LogP contribution in [0.5, 0.6) is 0 Å². The van der Waals surface area contributed by atoms with Crippen molar-refractivity contribution in [2.24, 2.45) is 5.92 Å². The average molecular weight is 390 g/mol. The summed E-state index contributed by atoms with van der Waals surface area (Å²) in [4.78, 5) is 27.8. The van der Waals surface area contributed by atoms with Crippen molar-refractivity contribution in [3.05, 3.63) is 64.4 Å². The van der Waals surface area contributed by atoms with Gasteiger partial charge in [0.05, 0.1) is 5.39 Å². The van der Waals surface area contributed by atoms with Crippen molar-refractivity contribution >= 4 is 28.2 Å². The summed E-state index contributed by atoms with van der Waals surface area (Å²) in [5, 5.41) is 8.92. The Hall–Kier alpha value is -3.15. The monoisotopic (exact) mass is 390 g/mol. The molecule has 150 valence electrons. The molecule has 1 N–H and O–H groups in total. The number of benzene rings is 2. The van der Waals surface area contributed by atoms with Crippen LogP contribution in [0.1, 0.15) is 25.3 Å². The summed E-state index contributed by atoms with van der Waals surface area (Å²) in [6.07, 6.45) is 2.30. The third-order valence-electron chi connectivity index (χ3n) is 5.43. The fourth-order valence-corrected chi connectivity index (χ4v) is 3.91. The molecule has 1 aliphatic rings. The number of aromatic nitrogens is 2. The van der Waals surface area contributed by atoms with E-state index >= 15 is 0 Å². The minimum Gasteiger partial charge on any atom is -0.354 e. The highest BCUT2D eigenvalue weighted by molar-refractivity contribution is 5.93. The number of hydrogen-bond donors (Lipinski definition) is 1. The number of piperidine rings is 1. The Morgan fingerprint density at radius 1 is 1.14 bits per heavy atom. The highest BCUT2D eigenvalue weighted by Crippen LogP contribution is 2.26. The Kier molecular flexibility index (Phi) is 5.34. The molecule has 29 heavy (non-hydrogen) atoms. The van der Waals surface area contributed by atoms with Crippen LogP contribution in [0.4, 0.5) is 11.5 Å². The first-order valence-corrected chi connectivity index (χ1v) is 10.1. The summed E-state index contributed by atoms with van der Waals surface area (Å²) in [6, 6.07) is 15.1. The fraction of sp³-hybridized carbons (Fsp3) is 0.348. The Labute approximate surface area is 170 Å². The van der Waals surface area contributed by atoms with Crippen molar-refractivity contribution in [1.29, 1.82) is 0 Å². The number of anilines is 2. The lowest BCUT2D eigenvalue weighted by molar-refractivity contribution is -0.117. The van der Waals surface area contributed by atoms with Crippen LogP contribution in [0.25, 0.3) is 10.8 Å². The molecule has 3 aromatic rings. The highest BCUT2D eigenvalue weighted by Gasteiger charge is 2.22. The molecule has 2 heterocycles. The lowest BCUT2D eigenvalue weighted by atomic mass is 10.00. The molecule has 0 unspecified atom stereocenters. The topological polar surface area (TPSA) is 67.2 Å². The molecule has 1 fully saturated rings. The summed E-state index contributed by atoms with van der Waals surface area (Å²) in [6.45, 7) is 5.93. The number of aryl methyl sites for hydroxylation is 1. The molecular formula is C23H26N4O2. The van der Waals surface area contributed by atoms with Crippen LogP contribution in [0.2, 0.25) is 0 Å². The maximum atomic E-state index is 13.0. The summed E-state index contributed by atoms with van der Waals surface area (Å²) in [5.74, 6) is 1.10. The van der Waals surface area contributed by atoms with E-state index in [-0.39, 0.29) is 18.0 Å². The SMILES string of the molecule is Cc1ccc(NC(=O)Cn2nc(N3CCC[C@H](C)C3)c3ccccc3c2=O)cc1. The normalized spacial score (nSPS) is 16.8. The van der Waals surface area contributed by atoms with Crippen molar-refractivity contribution < 1.29 is 4.79 Å². The summed E-state index contributed by atoms with van der Waals surface area (Å²) in [7, 11) is 0. The molecule has 0 aliphatic carbocycles. The number of carbonyl (C=O) groups excluding carboxylic acids is 1. The predicted octanol–water partition coefficient (Wildman–Crippen LogP) is 3.58. The Morgan fingerprint density at radius 2 is 1.86 bits per heavy atom. The molecule has 0 spiro atoms. The molecule has 0 radical (unpaired) electrons. The van der Waals surface area contributed by atoms with E-state index in [1.54, 1.807) is 0 Å². The lowest BCUT2D eigenvalue weighted by Gasteiger charge is -2.32. The molecule has 0 bridgehead atoms. The van der Waals surface area contributed by atoms with Crippen LogP contribution in [0.3, 0.4) is 0 Å². The lowest BCUT2D eigenvalue weighted by Crippen LogP contribution is -2.38. The molecule has 6 heteroatoms. The van der Waals surface area contributed by atoms with Crippen LogP contribution in [-0.4, -0.2) is 28.8 Å². The van der Waals surface area contributed by atoms with Crippen molar-refractivity contribution in [2.75, 3.05) is 23.3 Å². The van der Waals surface area contributed by atoms with Crippen molar-refractivity contribution in [3.8, 4) is 0 Å². The van der Waals surface area contributed by atoms with Gasteiger partial charge in [0, 0.05) is 24.2 Å². The van der Waals surface area contributed by atoms with E-state index in [1.165, 1.54) is 11.1 Å². The van der Waals surface area contributed by atoms with E-state index < -0.39 is 0 Å². The first-order valence-electron chi connectivity index (χ1n) is 10.1. The van der Waals surface area contributed by atoms with E-state index in [0.29, 0.717) is 17.0 Å². The summed E-state index contributed by atoms with van der Waals surface area (Å²) < 4.78 is 1.29. The minimum atomic E-state index is -0.267. The fourth-order valence-electron chi connectivity index (χ4n) is 3.91. The van der Waals surface area contributed by atoms with Gasteiger partial charge in [-0.2, -0.15) is 5.10 Å². The zero-order chi connectivity index (χ0) is 20.4. The quantitative estimate of drug-likeness (QED) is 0.739. The van der Waals surface area contributed by atoms with Gasteiger partial charge in [-0.05, 0) is 43.9 Å².